The molecule has 4 heteroatoms. The van der Waals surface area contributed by atoms with Crippen molar-refractivity contribution in [2.75, 3.05) is 20.3 Å². The summed E-state index contributed by atoms with van der Waals surface area (Å²) in [6, 6.07) is 6.16. The third-order valence-corrected chi connectivity index (χ3v) is 2.98. The van der Waals surface area contributed by atoms with E-state index in [1.54, 1.807) is 7.11 Å². The molecule has 0 saturated carbocycles. The van der Waals surface area contributed by atoms with Crippen LogP contribution in [0.2, 0.25) is 0 Å². The monoisotopic (exact) mass is 251 g/mol. The fraction of sp³-hybridized carbons (Fsp3) is 0.571. The lowest BCUT2D eigenvalue weighted by Gasteiger charge is -2.17. The van der Waals surface area contributed by atoms with Gasteiger partial charge in [0.25, 0.3) is 0 Å². The number of benzene rings is 1. The van der Waals surface area contributed by atoms with Crippen molar-refractivity contribution in [2.24, 2.45) is 0 Å². The van der Waals surface area contributed by atoms with Crippen molar-refractivity contribution in [3.8, 4) is 11.5 Å². The molecule has 0 fully saturated rings. The summed E-state index contributed by atoms with van der Waals surface area (Å²) in [5.41, 5.74) is 4.14. The molecule has 0 aliphatic carbocycles. The Morgan fingerprint density at radius 2 is 2.33 bits per heavy atom. The largest absolute Gasteiger partial charge is 0.494 e. The first-order valence-corrected chi connectivity index (χ1v) is 6.53. The predicted molar refractivity (Wildman–Crippen MR) is 69.8 cm³/mol. The fourth-order valence-corrected chi connectivity index (χ4v) is 2.13. The average Bonchev–Trinajstić information content (AvgIpc) is 2.59. The number of nitrogens with one attached hydrogen (secondary N) is 1. The first-order valence-electron chi connectivity index (χ1n) is 6.53. The highest BCUT2D eigenvalue weighted by atomic mass is 16.6. The van der Waals surface area contributed by atoms with Crippen molar-refractivity contribution in [1.82, 2.24) is 5.48 Å². The first-order chi connectivity index (χ1) is 8.85. The number of fused-ring (bicyclic) bond motifs is 1. The molecule has 2 rings (SSSR count). The third kappa shape index (κ3) is 3.15. The van der Waals surface area contributed by atoms with Crippen LogP contribution in [0.25, 0.3) is 0 Å². The summed E-state index contributed by atoms with van der Waals surface area (Å²) in [5, 5.41) is 0. The van der Waals surface area contributed by atoms with E-state index in [-0.39, 0.29) is 6.04 Å². The Morgan fingerprint density at radius 3 is 3.11 bits per heavy atom. The van der Waals surface area contributed by atoms with Crippen molar-refractivity contribution in [1.29, 1.82) is 0 Å². The lowest BCUT2D eigenvalue weighted by atomic mass is 10.0. The van der Waals surface area contributed by atoms with Crippen LogP contribution in [0.3, 0.4) is 0 Å². The van der Waals surface area contributed by atoms with Gasteiger partial charge in [0.15, 0.2) is 0 Å². The van der Waals surface area contributed by atoms with Crippen LogP contribution in [0.15, 0.2) is 18.2 Å². The van der Waals surface area contributed by atoms with Crippen LogP contribution in [-0.2, 0) is 4.84 Å². The van der Waals surface area contributed by atoms with Crippen LogP contribution in [0.1, 0.15) is 37.8 Å². The lowest BCUT2D eigenvalue weighted by molar-refractivity contribution is 0.0579. The highest BCUT2D eigenvalue weighted by Gasteiger charge is 2.20. The summed E-state index contributed by atoms with van der Waals surface area (Å²) in [4.78, 5) is 5.07. The van der Waals surface area contributed by atoms with Gasteiger partial charge in [0.1, 0.15) is 11.5 Å². The van der Waals surface area contributed by atoms with Gasteiger partial charge in [0, 0.05) is 5.56 Å². The molecular weight excluding hydrogens is 230 g/mol. The second kappa shape index (κ2) is 6.61. The average molecular weight is 251 g/mol. The van der Waals surface area contributed by atoms with Crippen LogP contribution in [0.5, 0.6) is 11.5 Å². The molecule has 1 aromatic carbocycles. The summed E-state index contributed by atoms with van der Waals surface area (Å²) in [6.45, 7) is 3.59. The number of hydrogen-bond donors (Lipinski definition) is 1. The van der Waals surface area contributed by atoms with E-state index in [1.807, 2.05) is 18.2 Å². The Balaban J connectivity index is 2.21. The zero-order valence-electron chi connectivity index (χ0n) is 11.1. The Hall–Kier alpha value is -1.26. The highest BCUT2D eigenvalue weighted by Crippen LogP contribution is 2.34. The van der Waals surface area contributed by atoms with Gasteiger partial charge in [-0.05, 0) is 37.5 Å². The van der Waals surface area contributed by atoms with E-state index < -0.39 is 0 Å². The SMILES string of the molecule is CCCOc1ccc2c(c1)C(NOC)CCCO2. The van der Waals surface area contributed by atoms with Gasteiger partial charge >= 0.3 is 0 Å². The van der Waals surface area contributed by atoms with E-state index in [9.17, 15) is 0 Å². The highest BCUT2D eigenvalue weighted by molar-refractivity contribution is 5.42. The molecule has 0 bridgehead atoms. The molecule has 1 aromatic rings. The molecule has 1 N–H and O–H groups in total. The molecule has 0 amide bonds. The zero-order chi connectivity index (χ0) is 12.8. The second-order valence-electron chi connectivity index (χ2n) is 4.41. The summed E-state index contributed by atoms with van der Waals surface area (Å²) < 4.78 is 11.4. The van der Waals surface area contributed by atoms with E-state index in [4.69, 9.17) is 14.3 Å². The molecule has 0 saturated heterocycles. The minimum Gasteiger partial charge on any atom is -0.494 e. The standard InChI is InChI=1S/C14H21NO3/c1-3-8-17-11-6-7-14-12(10-11)13(15-16-2)5-4-9-18-14/h6-7,10,13,15H,3-5,8-9H2,1-2H3. The molecule has 1 unspecified atom stereocenters. The molecule has 1 heterocycles. The molecule has 100 valence electrons. The van der Waals surface area contributed by atoms with E-state index in [0.717, 1.165) is 49.5 Å². The maximum absolute atomic E-state index is 5.73. The quantitative estimate of drug-likeness (QED) is 0.817. The van der Waals surface area contributed by atoms with Gasteiger partial charge in [-0.1, -0.05) is 6.92 Å². The van der Waals surface area contributed by atoms with E-state index in [2.05, 4.69) is 12.4 Å². The molecule has 4 nitrogen and oxygen atoms in total. The molecule has 18 heavy (non-hydrogen) atoms. The molecular formula is C14H21NO3. The van der Waals surface area contributed by atoms with Crippen molar-refractivity contribution < 1.29 is 14.3 Å². The number of hydroxylamine groups is 1. The summed E-state index contributed by atoms with van der Waals surface area (Å²) >= 11 is 0. The van der Waals surface area contributed by atoms with Crippen molar-refractivity contribution in [2.45, 2.75) is 32.2 Å². The summed E-state index contributed by atoms with van der Waals surface area (Å²) in [5.74, 6) is 1.81. The van der Waals surface area contributed by atoms with Crippen LogP contribution in [-0.4, -0.2) is 20.3 Å². The zero-order valence-corrected chi connectivity index (χ0v) is 11.1. The van der Waals surface area contributed by atoms with Gasteiger partial charge in [0.2, 0.25) is 0 Å². The van der Waals surface area contributed by atoms with E-state index >= 15 is 0 Å². The molecule has 0 spiro atoms. The minimum absolute atomic E-state index is 0.165. The second-order valence-corrected chi connectivity index (χ2v) is 4.41. The normalized spacial score (nSPS) is 18.7. The van der Waals surface area contributed by atoms with Gasteiger partial charge < -0.3 is 14.3 Å². The topological polar surface area (TPSA) is 39.7 Å². The number of ether oxygens (including phenoxy) is 2. The lowest BCUT2D eigenvalue weighted by Crippen LogP contribution is -2.19. The van der Waals surface area contributed by atoms with Crippen LogP contribution >= 0.6 is 0 Å². The van der Waals surface area contributed by atoms with Crippen LogP contribution in [0.4, 0.5) is 0 Å². The predicted octanol–water partition coefficient (Wildman–Crippen LogP) is 2.84. The first kappa shape index (κ1) is 13.2. The molecule has 0 radical (unpaired) electrons. The van der Waals surface area contributed by atoms with Gasteiger partial charge in [-0.2, -0.15) is 5.48 Å². The number of hydrogen-bond acceptors (Lipinski definition) is 4. The molecule has 1 atom stereocenters. The van der Waals surface area contributed by atoms with E-state index in [0.29, 0.717) is 0 Å². The van der Waals surface area contributed by atoms with Crippen molar-refractivity contribution in [3.05, 3.63) is 23.8 Å². The van der Waals surface area contributed by atoms with Crippen LogP contribution < -0.4 is 15.0 Å². The van der Waals surface area contributed by atoms with Gasteiger partial charge in [-0.3, -0.25) is 0 Å². The molecule has 1 aliphatic heterocycles. The van der Waals surface area contributed by atoms with Crippen molar-refractivity contribution in [3.63, 3.8) is 0 Å². The summed E-state index contributed by atoms with van der Waals surface area (Å²) in [6.07, 6.45) is 3.02. The minimum atomic E-state index is 0.165. The third-order valence-electron chi connectivity index (χ3n) is 2.98. The molecule has 0 aromatic heterocycles. The van der Waals surface area contributed by atoms with Gasteiger partial charge in [-0.15, -0.1) is 0 Å². The Labute approximate surface area is 108 Å². The molecule has 1 aliphatic rings. The van der Waals surface area contributed by atoms with Gasteiger partial charge in [-0.25, -0.2) is 0 Å². The summed E-state index contributed by atoms with van der Waals surface area (Å²) in [7, 11) is 1.64. The Morgan fingerprint density at radius 1 is 1.44 bits per heavy atom. The Bertz CT molecular complexity index is 381. The van der Waals surface area contributed by atoms with E-state index in [1.165, 1.54) is 0 Å². The number of rotatable bonds is 5. The van der Waals surface area contributed by atoms with Crippen molar-refractivity contribution >= 4 is 0 Å². The Kier molecular flexibility index (Phi) is 4.84. The fourth-order valence-electron chi connectivity index (χ4n) is 2.13. The van der Waals surface area contributed by atoms with Gasteiger partial charge in [0.05, 0.1) is 26.4 Å². The maximum atomic E-state index is 5.73. The maximum Gasteiger partial charge on any atom is 0.124 e. The van der Waals surface area contributed by atoms with Crippen LogP contribution in [0, 0.1) is 0 Å². The smallest absolute Gasteiger partial charge is 0.124 e.